The van der Waals surface area contributed by atoms with Gasteiger partial charge in [0.1, 0.15) is 18.3 Å². The largest absolute Gasteiger partial charge is 0.495 e. The third kappa shape index (κ3) is 8.53. The lowest BCUT2D eigenvalue weighted by Gasteiger charge is -2.35. The van der Waals surface area contributed by atoms with Gasteiger partial charge >= 0.3 is 0 Å². The third-order valence-corrected chi connectivity index (χ3v) is 10.6. The number of ether oxygens (including phenoxy) is 1. The zero-order valence-electron chi connectivity index (χ0n) is 26.4. The molecule has 4 aromatic rings. The number of anilines is 1. The van der Waals surface area contributed by atoms with Crippen molar-refractivity contribution in [2.45, 2.75) is 62.0 Å². The average molecular weight is 674 g/mol. The highest BCUT2D eigenvalue weighted by Gasteiger charge is 2.36. The lowest BCUT2D eigenvalue weighted by atomic mass is 9.94. The zero-order valence-corrected chi connectivity index (χ0v) is 28.0. The number of hydrogen-bond donors (Lipinski definition) is 1. The van der Waals surface area contributed by atoms with E-state index in [1.54, 1.807) is 60.7 Å². The molecule has 2 amide bonds. The van der Waals surface area contributed by atoms with Crippen LogP contribution < -0.4 is 14.4 Å². The monoisotopic (exact) mass is 673 g/mol. The fourth-order valence-corrected chi connectivity index (χ4v) is 7.62. The van der Waals surface area contributed by atoms with E-state index in [-0.39, 0.29) is 41.2 Å². The van der Waals surface area contributed by atoms with Crippen LogP contribution in [0, 0.1) is 0 Å². The first-order valence-electron chi connectivity index (χ1n) is 15.9. The zero-order chi connectivity index (χ0) is 33.2. The molecule has 1 fully saturated rings. The predicted molar refractivity (Wildman–Crippen MR) is 185 cm³/mol. The maximum Gasteiger partial charge on any atom is 0.264 e. The summed E-state index contributed by atoms with van der Waals surface area (Å²) in [4.78, 5) is 30.4. The molecule has 0 aliphatic heterocycles. The van der Waals surface area contributed by atoms with E-state index in [4.69, 9.17) is 16.3 Å². The van der Waals surface area contributed by atoms with Gasteiger partial charge in [-0.05, 0) is 54.3 Å². The minimum absolute atomic E-state index is 0.000751. The number of halogens is 1. The first kappa shape index (κ1) is 34.0. The highest BCUT2D eigenvalue weighted by Crippen LogP contribution is 2.33. The third-order valence-electron chi connectivity index (χ3n) is 8.49. The molecule has 1 saturated carbocycles. The van der Waals surface area contributed by atoms with Crippen LogP contribution in [0.5, 0.6) is 5.75 Å². The molecule has 4 aromatic carbocycles. The molecule has 0 spiro atoms. The number of rotatable bonds is 13. The van der Waals surface area contributed by atoms with Crippen LogP contribution in [0.1, 0.15) is 43.2 Å². The molecule has 0 heterocycles. The quantitative estimate of drug-likeness (QED) is 0.172. The summed E-state index contributed by atoms with van der Waals surface area (Å²) in [7, 11) is -2.80. The topological polar surface area (TPSA) is 96.0 Å². The van der Waals surface area contributed by atoms with Crippen molar-refractivity contribution in [1.82, 2.24) is 10.2 Å². The van der Waals surface area contributed by atoms with Crippen LogP contribution in [0.25, 0.3) is 0 Å². The van der Waals surface area contributed by atoms with Gasteiger partial charge in [-0.2, -0.15) is 0 Å². The van der Waals surface area contributed by atoms with Crippen molar-refractivity contribution >= 4 is 39.1 Å². The Morgan fingerprint density at radius 2 is 1.47 bits per heavy atom. The van der Waals surface area contributed by atoms with Crippen molar-refractivity contribution < 1.29 is 22.7 Å². The second kappa shape index (κ2) is 16.0. The predicted octanol–water partition coefficient (Wildman–Crippen LogP) is 6.63. The van der Waals surface area contributed by atoms with Crippen molar-refractivity contribution in [2.24, 2.45) is 0 Å². The smallest absolute Gasteiger partial charge is 0.264 e. The molecule has 8 nitrogen and oxygen atoms in total. The molecule has 0 aromatic heterocycles. The Balaban J connectivity index is 1.58. The SMILES string of the molecule is COc1ccccc1N(CC(=O)N(Cc1ccccc1Cl)[C@@H](Cc1ccccc1)C(=O)NC1CCCCC1)S(=O)(=O)c1ccccc1. The molecular weight excluding hydrogens is 634 g/mol. The molecule has 1 aliphatic rings. The van der Waals surface area contributed by atoms with Crippen LogP contribution in [-0.2, 0) is 32.6 Å². The molecule has 47 heavy (non-hydrogen) atoms. The summed E-state index contributed by atoms with van der Waals surface area (Å²) in [5.74, 6) is -0.556. The molecule has 1 aliphatic carbocycles. The Hall–Kier alpha value is -4.34. The van der Waals surface area contributed by atoms with E-state index in [0.29, 0.717) is 10.6 Å². The highest BCUT2D eigenvalue weighted by molar-refractivity contribution is 7.92. The summed E-state index contributed by atoms with van der Waals surface area (Å²) >= 11 is 6.61. The minimum atomic E-state index is -4.24. The van der Waals surface area contributed by atoms with Crippen molar-refractivity contribution in [3.63, 3.8) is 0 Å². The van der Waals surface area contributed by atoms with Crippen LogP contribution >= 0.6 is 11.6 Å². The fraction of sp³-hybridized carbons (Fsp3) is 0.297. The summed E-state index contributed by atoms with van der Waals surface area (Å²) in [6.45, 7) is -0.580. The van der Waals surface area contributed by atoms with Crippen molar-refractivity contribution in [2.75, 3.05) is 18.0 Å². The van der Waals surface area contributed by atoms with Gasteiger partial charge in [-0.3, -0.25) is 13.9 Å². The van der Waals surface area contributed by atoms with E-state index in [1.807, 2.05) is 36.4 Å². The second-order valence-electron chi connectivity index (χ2n) is 11.7. The molecule has 0 saturated heterocycles. The number of para-hydroxylation sites is 2. The Morgan fingerprint density at radius 3 is 2.15 bits per heavy atom. The first-order valence-corrected chi connectivity index (χ1v) is 17.7. The highest BCUT2D eigenvalue weighted by atomic mass is 35.5. The van der Waals surface area contributed by atoms with E-state index in [0.717, 1.165) is 42.0 Å². The number of methoxy groups -OCH3 is 1. The van der Waals surface area contributed by atoms with Crippen molar-refractivity contribution in [1.29, 1.82) is 0 Å². The summed E-state index contributed by atoms with van der Waals surface area (Å²) in [5, 5.41) is 3.66. The van der Waals surface area contributed by atoms with Crippen LogP contribution in [0.2, 0.25) is 5.02 Å². The van der Waals surface area contributed by atoms with Gasteiger partial charge in [0.05, 0.1) is 17.7 Å². The Kier molecular flexibility index (Phi) is 11.6. The van der Waals surface area contributed by atoms with Gasteiger partial charge < -0.3 is 15.0 Å². The molecule has 5 rings (SSSR count). The molecule has 1 atom stereocenters. The van der Waals surface area contributed by atoms with Crippen LogP contribution in [0.3, 0.4) is 0 Å². The van der Waals surface area contributed by atoms with Gasteiger partial charge in [0, 0.05) is 24.0 Å². The Bertz CT molecular complexity index is 1750. The molecular formula is C37H40ClN3O5S. The Labute approximate surface area is 282 Å². The summed E-state index contributed by atoms with van der Waals surface area (Å²) < 4.78 is 35.1. The number of sulfonamides is 1. The number of carbonyl (C=O) groups is 2. The molecule has 246 valence electrons. The number of hydrogen-bond acceptors (Lipinski definition) is 5. The van der Waals surface area contributed by atoms with Gasteiger partial charge in [-0.15, -0.1) is 0 Å². The molecule has 1 N–H and O–H groups in total. The first-order chi connectivity index (χ1) is 22.8. The lowest BCUT2D eigenvalue weighted by Crippen LogP contribution is -2.55. The average Bonchev–Trinajstić information content (AvgIpc) is 3.10. The normalized spacial score (nSPS) is 14.2. The number of amides is 2. The minimum Gasteiger partial charge on any atom is -0.495 e. The maximum absolute atomic E-state index is 14.7. The second-order valence-corrected chi connectivity index (χ2v) is 13.9. The molecule has 0 bridgehead atoms. The van der Waals surface area contributed by atoms with E-state index >= 15 is 0 Å². The van der Waals surface area contributed by atoms with Crippen molar-refractivity contribution in [3.8, 4) is 5.75 Å². The Morgan fingerprint density at radius 1 is 0.851 bits per heavy atom. The van der Waals surface area contributed by atoms with Gasteiger partial charge in [-0.1, -0.05) is 110 Å². The van der Waals surface area contributed by atoms with Gasteiger partial charge in [0.25, 0.3) is 10.0 Å². The van der Waals surface area contributed by atoms with E-state index in [2.05, 4.69) is 5.32 Å². The van der Waals surface area contributed by atoms with Crippen molar-refractivity contribution in [3.05, 3.63) is 125 Å². The summed E-state index contributed by atoms with van der Waals surface area (Å²) in [5.41, 5.74) is 1.71. The van der Waals surface area contributed by atoms with Gasteiger partial charge in [0.2, 0.25) is 11.8 Å². The van der Waals surface area contributed by atoms with Gasteiger partial charge in [0.15, 0.2) is 0 Å². The lowest BCUT2D eigenvalue weighted by molar-refractivity contribution is -0.140. The molecule has 0 radical (unpaired) electrons. The number of nitrogens with one attached hydrogen (secondary N) is 1. The van der Waals surface area contributed by atoms with E-state index < -0.39 is 28.5 Å². The standard InChI is InChI=1S/C37H40ClN3O5S/c1-46-35-24-14-13-23-33(35)41(47(44,45)31-20-9-4-10-21-31)27-36(42)40(26-29-17-11-12-22-32(29)38)34(25-28-15-5-2-6-16-28)37(43)39-30-18-7-3-8-19-30/h2,4-6,9-17,20-24,30,34H,3,7-8,18-19,25-27H2,1H3,(H,39,43)/t34-/m0/s1. The van der Waals surface area contributed by atoms with Crippen LogP contribution in [0.15, 0.2) is 114 Å². The fourth-order valence-electron chi connectivity index (χ4n) is 5.98. The van der Waals surface area contributed by atoms with Gasteiger partial charge in [-0.25, -0.2) is 8.42 Å². The number of carbonyl (C=O) groups excluding carboxylic acids is 2. The number of nitrogens with zero attached hydrogens (tertiary/aromatic N) is 2. The molecule has 10 heteroatoms. The maximum atomic E-state index is 14.7. The van der Waals surface area contributed by atoms with E-state index in [1.165, 1.54) is 24.1 Å². The molecule has 0 unspecified atom stereocenters. The summed E-state index contributed by atoms with van der Waals surface area (Å²) in [6.07, 6.45) is 5.17. The van der Waals surface area contributed by atoms with Crippen LogP contribution in [0.4, 0.5) is 5.69 Å². The summed E-state index contributed by atoms with van der Waals surface area (Å²) in [6, 6.07) is 30.3. The van der Waals surface area contributed by atoms with Crippen LogP contribution in [-0.4, -0.2) is 50.9 Å². The van der Waals surface area contributed by atoms with E-state index in [9.17, 15) is 18.0 Å². The number of benzene rings is 4.